The Morgan fingerprint density at radius 1 is 1.00 bits per heavy atom. The maximum absolute atomic E-state index is 2.60. The van der Waals surface area contributed by atoms with E-state index < -0.39 is 0 Å². The van der Waals surface area contributed by atoms with E-state index in [4.69, 9.17) is 0 Å². The number of nitrogens with zero attached hydrogens (tertiary/aromatic N) is 2. The summed E-state index contributed by atoms with van der Waals surface area (Å²) in [6.07, 6.45) is 4.19. The fraction of sp³-hybridized carbons (Fsp3) is 0.600. The van der Waals surface area contributed by atoms with E-state index in [-0.39, 0.29) is 0 Å². The van der Waals surface area contributed by atoms with Crippen LogP contribution in [0.5, 0.6) is 0 Å². The fourth-order valence-electron chi connectivity index (χ4n) is 3.09. The van der Waals surface area contributed by atoms with Gasteiger partial charge in [-0.05, 0) is 49.7 Å². The minimum absolute atomic E-state index is 1.12. The zero-order valence-electron chi connectivity index (χ0n) is 10.8. The molecule has 1 aromatic carbocycles. The summed E-state index contributed by atoms with van der Waals surface area (Å²) in [5.74, 6) is 0. The van der Waals surface area contributed by atoms with Crippen molar-refractivity contribution in [2.24, 2.45) is 0 Å². The van der Waals surface area contributed by atoms with Crippen molar-refractivity contribution in [1.82, 2.24) is 9.80 Å². The van der Waals surface area contributed by atoms with E-state index in [1.54, 1.807) is 5.56 Å². The van der Waals surface area contributed by atoms with Crippen molar-refractivity contribution in [2.75, 3.05) is 20.1 Å². The van der Waals surface area contributed by atoms with Gasteiger partial charge < -0.3 is 0 Å². The summed E-state index contributed by atoms with van der Waals surface area (Å²) in [6, 6.07) is 7.08. The van der Waals surface area contributed by atoms with Gasteiger partial charge in [-0.2, -0.15) is 0 Å². The SMILES string of the molecule is CN1Cc2ccc(CN3CCCCC3)cc2C1. The van der Waals surface area contributed by atoms with Crippen LogP contribution in [-0.4, -0.2) is 29.9 Å². The maximum Gasteiger partial charge on any atom is 0.0237 e. The van der Waals surface area contributed by atoms with Crippen molar-refractivity contribution in [3.05, 3.63) is 34.9 Å². The van der Waals surface area contributed by atoms with Gasteiger partial charge in [0.15, 0.2) is 0 Å². The van der Waals surface area contributed by atoms with Crippen molar-refractivity contribution >= 4 is 0 Å². The van der Waals surface area contributed by atoms with Gasteiger partial charge in [-0.25, -0.2) is 0 Å². The molecule has 0 amide bonds. The van der Waals surface area contributed by atoms with Crippen LogP contribution in [0, 0.1) is 0 Å². The predicted molar refractivity (Wildman–Crippen MR) is 70.7 cm³/mol. The van der Waals surface area contributed by atoms with E-state index in [1.807, 2.05) is 0 Å². The monoisotopic (exact) mass is 230 g/mol. The zero-order valence-corrected chi connectivity index (χ0v) is 10.8. The third kappa shape index (κ3) is 2.53. The molecule has 1 fully saturated rings. The Kier molecular flexibility index (Phi) is 3.17. The lowest BCUT2D eigenvalue weighted by atomic mass is 10.0. The summed E-state index contributed by atoms with van der Waals surface area (Å²) in [4.78, 5) is 4.99. The molecule has 1 saturated heterocycles. The molecule has 0 bridgehead atoms. The molecular weight excluding hydrogens is 208 g/mol. The largest absolute Gasteiger partial charge is 0.299 e. The van der Waals surface area contributed by atoms with Gasteiger partial charge >= 0.3 is 0 Å². The summed E-state index contributed by atoms with van der Waals surface area (Å²) in [5.41, 5.74) is 4.57. The van der Waals surface area contributed by atoms with E-state index in [0.717, 1.165) is 19.6 Å². The van der Waals surface area contributed by atoms with Crippen molar-refractivity contribution in [3.63, 3.8) is 0 Å². The van der Waals surface area contributed by atoms with Crippen LogP contribution < -0.4 is 0 Å². The van der Waals surface area contributed by atoms with Crippen LogP contribution in [0.4, 0.5) is 0 Å². The first kappa shape index (κ1) is 11.2. The average molecular weight is 230 g/mol. The summed E-state index contributed by atoms with van der Waals surface area (Å²) >= 11 is 0. The first-order valence-corrected chi connectivity index (χ1v) is 6.83. The molecule has 2 heterocycles. The molecule has 0 radical (unpaired) electrons. The third-order valence-electron chi connectivity index (χ3n) is 4.01. The topological polar surface area (TPSA) is 6.48 Å². The van der Waals surface area contributed by atoms with Crippen LogP contribution in [0.1, 0.15) is 36.0 Å². The van der Waals surface area contributed by atoms with Gasteiger partial charge in [0, 0.05) is 19.6 Å². The van der Waals surface area contributed by atoms with Gasteiger partial charge in [-0.1, -0.05) is 24.6 Å². The minimum Gasteiger partial charge on any atom is -0.299 e. The predicted octanol–water partition coefficient (Wildman–Crippen LogP) is 2.62. The van der Waals surface area contributed by atoms with Gasteiger partial charge in [-0.3, -0.25) is 9.80 Å². The molecule has 0 unspecified atom stereocenters. The lowest BCUT2D eigenvalue weighted by molar-refractivity contribution is 0.221. The van der Waals surface area contributed by atoms with E-state index in [1.165, 1.54) is 43.5 Å². The van der Waals surface area contributed by atoms with Gasteiger partial charge in [-0.15, -0.1) is 0 Å². The Balaban J connectivity index is 1.69. The number of benzene rings is 1. The summed E-state index contributed by atoms with van der Waals surface area (Å²) in [5, 5.41) is 0. The molecule has 0 spiro atoms. The Morgan fingerprint density at radius 3 is 2.59 bits per heavy atom. The molecule has 0 N–H and O–H groups in total. The van der Waals surface area contributed by atoms with Crippen molar-refractivity contribution in [2.45, 2.75) is 38.9 Å². The fourth-order valence-corrected chi connectivity index (χ4v) is 3.09. The van der Waals surface area contributed by atoms with Crippen LogP contribution >= 0.6 is 0 Å². The molecule has 3 rings (SSSR count). The number of hydrogen-bond acceptors (Lipinski definition) is 2. The van der Waals surface area contributed by atoms with E-state index in [0.29, 0.717) is 0 Å². The van der Waals surface area contributed by atoms with E-state index in [9.17, 15) is 0 Å². The second kappa shape index (κ2) is 4.79. The Hall–Kier alpha value is -0.860. The number of likely N-dealkylation sites (tertiary alicyclic amines) is 1. The Morgan fingerprint density at radius 2 is 1.76 bits per heavy atom. The first-order valence-electron chi connectivity index (χ1n) is 6.83. The molecule has 0 aromatic heterocycles. The van der Waals surface area contributed by atoms with Crippen LogP contribution in [-0.2, 0) is 19.6 Å². The lowest BCUT2D eigenvalue weighted by Crippen LogP contribution is -2.29. The van der Waals surface area contributed by atoms with Gasteiger partial charge in [0.1, 0.15) is 0 Å². The van der Waals surface area contributed by atoms with Gasteiger partial charge in [0.25, 0.3) is 0 Å². The van der Waals surface area contributed by atoms with Gasteiger partial charge in [0.05, 0.1) is 0 Å². The van der Waals surface area contributed by atoms with E-state index in [2.05, 4.69) is 35.0 Å². The Bertz CT molecular complexity index is 394. The highest BCUT2D eigenvalue weighted by Crippen LogP contribution is 2.23. The second-order valence-electron chi connectivity index (χ2n) is 5.61. The van der Waals surface area contributed by atoms with Crippen molar-refractivity contribution < 1.29 is 0 Å². The quantitative estimate of drug-likeness (QED) is 0.770. The molecule has 2 aliphatic heterocycles. The molecule has 0 saturated carbocycles. The number of fused-ring (bicyclic) bond motifs is 1. The molecule has 92 valence electrons. The highest BCUT2D eigenvalue weighted by Gasteiger charge is 2.16. The number of hydrogen-bond donors (Lipinski definition) is 0. The highest BCUT2D eigenvalue weighted by atomic mass is 15.1. The Labute approximate surface area is 104 Å². The molecule has 2 nitrogen and oxygen atoms in total. The van der Waals surface area contributed by atoms with Crippen LogP contribution in [0.2, 0.25) is 0 Å². The standard InChI is InChI=1S/C15H22N2/c1-16-11-14-6-5-13(9-15(14)12-16)10-17-7-3-2-4-8-17/h5-6,9H,2-4,7-8,10-12H2,1H3. The van der Waals surface area contributed by atoms with Crippen LogP contribution in [0.3, 0.4) is 0 Å². The second-order valence-corrected chi connectivity index (χ2v) is 5.61. The normalized spacial score (nSPS) is 21.7. The van der Waals surface area contributed by atoms with Gasteiger partial charge in [0.2, 0.25) is 0 Å². The molecule has 1 aromatic rings. The maximum atomic E-state index is 2.60. The molecule has 0 aliphatic carbocycles. The van der Waals surface area contributed by atoms with Crippen molar-refractivity contribution in [3.8, 4) is 0 Å². The molecule has 2 aliphatic rings. The first-order chi connectivity index (χ1) is 8.31. The average Bonchev–Trinajstić information content (AvgIpc) is 2.70. The van der Waals surface area contributed by atoms with E-state index >= 15 is 0 Å². The lowest BCUT2D eigenvalue weighted by Gasteiger charge is -2.26. The molecule has 0 atom stereocenters. The molecule has 2 heteroatoms. The third-order valence-corrected chi connectivity index (χ3v) is 4.01. The number of rotatable bonds is 2. The summed E-state index contributed by atoms with van der Waals surface area (Å²) < 4.78 is 0. The minimum atomic E-state index is 1.12. The smallest absolute Gasteiger partial charge is 0.0237 e. The molecule has 17 heavy (non-hydrogen) atoms. The van der Waals surface area contributed by atoms with Crippen molar-refractivity contribution in [1.29, 1.82) is 0 Å². The number of piperidine rings is 1. The summed E-state index contributed by atoms with van der Waals surface area (Å²) in [6.45, 7) is 5.98. The highest BCUT2D eigenvalue weighted by molar-refractivity contribution is 5.34. The van der Waals surface area contributed by atoms with Crippen LogP contribution in [0.25, 0.3) is 0 Å². The zero-order chi connectivity index (χ0) is 11.7. The summed E-state index contributed by atoms with van der Waals surface area (Å²) in [7, 11) is 2.20. The molecular formula is C15H22N2. The van der Waals surface area contributed by atoms with Crippen LogP contribution in [0.15, 0.2) is 18.2 Å².